The molecule has 3 amide bonds. The van der Waals surface area contributed by atoms with E-state index in [0.717, 1.165) is 56.5 Å². The molecule has 0 saturated heterocycles. The lowest BCUT2D eigenvalue weighted by molar-refractivity contribution is -0.123. The molecule has 2 aliphatic carbocycles. The Labute approximate surface area is 243 Å². The first-order valence-electron chi connectivity index (χ1n) is 14.4. The van der Waals surface area contributed by atoms with Gasteiger partial charge in [0, 0.05) is 11.7 Å². The summed E-state index contributed by atoms with van der Waals surface area (Å²) in [5, 5.41) is 3.15. The molecular formula is C31H36FN5O3S. The van der Waals surface area contributed by atoms with E-state index in [1.165, 1.54) is 54.0 Å². The summed E-state index contributed by atoms with van der Waals surface area (Å²) in [6.07, 6.45) is 10.7. The highest BCUT2D eigenvalue weighted by atomic mass is 32.1. The van der Waals surface area contributed by atoms with Crippen LogP contribution in [0, 0.1) is 5.82 Å². The third kappa shape index (κ3) is 6.43. The van der Waals surface area contributed by atoms with Crippen LogP contribution in [0.15, 0.2) is 48.5 Å². The summed E-state index contributed by atoms with van der Waals surface area (Å²) in [5.74, 6) is -1.80. The largest absolute Gasteiger partial charge is 0.395 e. The molecule has 2 fully saturated rings. The first-order valence-corrected chi connectivity index (χ1v) is 15.1. The summed E-state index contributed by atoms with van der Waals surface area (Å²) < 4.78 is 18.0. The summed E-state index contributed by atoms with van der Waals surface area (Å²) in [6.45, 7) is 0. The number of aromatic nitrogens is 1. The van der Waals surface area contributed by atoms with E-state index in [9.17, 15) is 18.8 Å². The minimum atomic E-state index is -1.12. The molecule has 216 valence electrons. The number of amides is 3. The highest BCUT2D eigenvalue weighted by Gasteiger charge is 2.37. The van der Waals surface area contributed by atoms with Crippen LogP contribution in [-0.2, 0) is 4.79 Å². The third-order valence-electron chi connectivity index (χ3n) is 8.27. The maximum Gasteiger partial charge on any atom is 0.273 e. The van der Waals surface area contributed by atoms with Crippen molar-refractivity contribution in [2.24, 2.45) is 5.73 Å². The van der Waals surface area contributed by atoms with Gasteiger partial charge in [-0.3, -0.25) is 19.3 Å². The number of benzene rings is 2. The van der Waals surface area contributed by atoms with Crippen LogP contribution < -0.4 is 21.7 Å². The number of nitrogen functional groups attached to an aromatic ring is 1. The fourth-order valence-electron chi connectivity index (χ4n) is 6.05. The van der Waals surface area contributed by atoms with Gasteiger partial charge in [0.25, 0.3) is 11.8 Å². The number of nitrogens with one attached hydrogen (secondary N) is 1. The Morgan fingerprint density at radius 3 is 2.10 bits per heavy atom. The number of hydrogen-bond donors (Lipinski definition) is 3. The smallest absolute Gasteiger partial charge is 0.273 e. The molecule has 1 atom stereocenters. The van der Waals surface area contributed by atoms with Gasteiger partial charge in [0.15, 0.2) is 5.69 Å². The summed E-state index contributed by atoms with van der Waals surface area (Å²) in [7, 11) is 0. The third-order valence-corrected chi connectivity index (χ3v) is 9.12. The van der Waals surface area contributed by atoms with Crippen molar-refractivity contribution in [2.75, 3.05) is 10.6 Å². The van der Waals surface area contributed by atoms with Gasteiger partial charge in [-0.1, -0.05) is 62.8 Å². The molecule has 2 aliphatic rings. The van der Waals surface area contributed by atoms with E-state index in [2.05, 4.69) is 9.69 Å². The number of carbonyl (C=O) groups is 3. The molecule has 8 nitrogen and oxygen atoms in total. The Bertz CT molecular complexity index is 1380. The highest BCUT2D eigenvalue weighted by molar-refractivity contribution is 7.09. The van der Waals surface area contributed by atoms with Crippen molar-refractivity contribution in [1.29, 1.82) is 0 Å². The lowest BCUT2D eigenvalue weighted by Crippen LogP contribution is -2.47. The molecule has 41 heavy (non-hydrogen) atoms. The van der Waals surface area contributed by atoms with Crippen LogP contribution in [0.5, 0.6) is 0 Å². The predicted molar refractivity (Wildman–Crippen MR) is 158 cm³/mol. The second-order valence-electron chi connectivity index (χ2n) is 11.0. The van der Waals surface area contributed by atoms with Crippen molar-refractivity contribution in [3.8, 4) is 0 Å². The van der Waals surface area contributed by atoms with Gasteiger partial charge < -0.3 is 16.8 Å². The zero-order chi connectivity index (χ0) is 28.9. The summed E-state index contributed by atoms with van der Waals surface area (Å²) >= 11 is 0.765. The molecule has 0 spiro atoms. The number of carbonyl (C=O) groups excluding carboxylic acids is 3. The second-order valence-corrected chi connectivity index (χ2v) is 11.8. The molecule has 1 aromatic heterocycles. The number of anilines is 2. The van der Waals surface area contributed by atoms with Crippen LogP contribution in [0.25, 0.3) is 0 Å². The van der Waals surface area contributed by atoms with E-state index in [1.54, 1.807) is 0 Å². The topological polar surface area (TPSA) is 131 Å². The van der Waals surface area contributed by atoms with Gasteiger partial charge in [-0.15, -0.1) is 0 Å². The molecule has 0 aliphatic heterocycles. The average molecular weight is 578 g/mol. The van der Waals surface area contributed by atoms with Crippen LogP contribution in [0.2, 0.25) is 0 Å². The molecule has 5 N–H and O–H groups in total. The lowest BCUT2D eigenvalue weighted by Gasteiger charge is -2.33. The zero-order valence-electron chi connectivity index (χ0n) is 23.0. The minimum Gasteiger partial charge on any atom is -0.395 e. The molecule has 5 rings (SSSR count). The Balaban J connectivity index is 1.58. The van der Waals surface area contributed by atoms with E-state index in [4.69, 9.17) is 11.5 Å². The van der Waals surface area contributed by atoms with Gasteiger partial charge in [-0.2, -0.15) is 4.37 Å². The van der Waals surface area contributed by atoms with Crippen molar-refractivity contribution in [3.63, 3.8) is 0 Å². The van der Waals surface area contributed by atoms with Crippen molar-refractivity contribution < 1.29 is 18.8 Å². The quantitative estimate of drug-likeness (QED) is 0.309. The maximum absolute atomic E-state index is 14.3. The van der Waals surface area contributed by atoms with Crippen LogP contribution in [0.4, 0.5) is 15.8 Å². The summed E-state index contributed by atoms with van der Waals surface area (Å²) in [4.78, 5) is 41.6. The molecule has 10 heteroatoms. The first kappa shape index (κ1) is 28.7. The lowest BCUT2D eigenvalue weighted by atomic mass is 9.84. The minimum absolute atomic E-state index is 0.00716. The fraction of sp³-hybridized carbons (Fsp3) is 0.419. The summed E-state index contributed by atoms with van der Waals surface area (Å²) in [6, 6.07) is 12.2. The van der Waals surface area contributed by atoms with Gasteiger partial charge >= 0.3 is 0 Å². The number of nitrogens with two attached hydrogens (primary N) is 2. The molecule has 0 bridgehead atoms. The molecule has 2 saturated carbocycles. The number of rotatable bonds is 8. The van der Waals surface area contributed by atoms with E-state index in [0.29, 0.717) is 17.2 Å². The van der Waals surface area contributed by atoms with Crippen molar-refractivity contribution >= 4 is 40.6 Å². The van der Waals surface area contributed by atoms with Gasteiger partial charge in [0.1, 0.15) is 16.7 Å². The van der Waals surface area contributed by atoms with Crippen molar-refractivity contribution in [1.82, 2.24) is 9.69 Å². The number of nitrogens with zero attached hydrogens (tertiary/aromatic N) is 2. The zero-order valence-corrected chi connectivity index (χ0v) is 23.8. The standard InChI is InChI=1S/C31H36FN5O3S/c32-22-15-11-21(12-16-22)27(30(39)35-23-9-5-2-6-10-23)37(31(40)28-25(33)26(29(34)38)36-41-28)24-17-13-20(14-18-24)19-7-3-1-4-8-19/h11-19,23,27H,1-10,33H2,(H2,34,38)(H,35,39). The number of primary amides is 1. The van der Waals surface area contributed by atoms with E-state index < -0.39 is 23.7 Å². The fourth-order valence-corrected chi connectivity index (χ4v) is 6.80. The number of hydrogen-bond acceptors (Lipinski definition) is 6. The van der Waals surface area contributed by atoms with Gasteiger partial charge in [0.05, 0.1) is 5.69 Å². The Kier molecular flexibility index (Phi) is 8.97. The normalized spacial score (nSPS) is 17.1. The van der Waals surface area contributed by atoms with E-state index >= 15 is 0 Å². The van der Waals surface area contributed by atoms with Gasteiger partial charge in [-0.05, 0) is 78.5 Å². The number of halogens is 1. The van der Waals surface area contributed by atoms with Crippen LogP contribution >= 0.6 is 11.5 Å². The predicted octanol–water partition coefficient (Wildman–Crippen LogP) is 5.85. The van der Waals surface area contributed by atoms with E-state index in [1.807, 2.05) is 24.3 Å². The monoisotopic (exact) mass is 577 g/mol. The molecule has 2 aromatic carbocycles. The van der Waals surface area contributed by atoms with Crippen LogP contribution in [0.3, 0.4) is 0 Å². The highest BCUT2D eigenvalue weighted by Crippen LogP contribution is 2.37. The van der Waals surface area contributed by atoms with Gasteiger partial charge in [-0.25, -0.2) is 4.39 Å². The SMILES string of the molecule is NC(=O)c1nsc(C(=O)N(c2ccc(C3CCCCC3)cc2)C(C(=O)NC2CCCCC2)c2ccc(F)cc2)c1N. The Hall–Kier alpha value is -3.79. The summed E-state index contributed by atoms with van der Waals surface area (Å²) in [5.41, 5.74) is 13.4. The van der Waals surface area contributed by atoms with Gasteiger partial charge in [0.2, 0.25) is 5.91 Å². The Morgan fingerprint density at radius 2 is 1.51 bits per heavy atom. The Morgan fingerprint density at radius 1 is 0.902 bits per heavy atom. The molecule has 0 radical (unpaired) electrons. The molecular weight excluding hydrogens is 541 g/mol. The molecule has 1 heterocycles. The molecule has 1 unspecified atom stereocenters. The molecule has 3 aromatic rings. The van der Waals surface area contributed by atoms with Crippen LogP contribution in [-0.4, -0.2) is 28.1 Å². The van der Waals surface area contributed by atoms with E-state index in [-0.39, 0.29) is 28.2 Å². The van der Waals surface area contributed by atoms with Crippen molar-refractivity contribution in [3.05, 3.63) is 76.0 Å². The second kappa shape index (κ2) is 12.8. The maximum atomic E-state index is 14.3. The first-order chi connectivity index (χ1) is 19.8. The average Bonchev–Trinajstić information content (AvgIpc) is 3.39. The van der Waals surface area contributed by atoms with Crippen LogP contribution in [0.1, 0.15) is 107 Å². The van der Waals surface area contributed by atoms with Crippen molar-refractivity contribution in [2.45, 2.75) is 82.2 Å².